The van der Waals surface area contributed by atoms with Crippen molar-refractivity contribution in [2.75, 3.05) is 0 Å². The molecule has 1 heteroatoms. The average molecular weight is 546 g/mol. The van der Waals surface area contributed by atoms with Gasteiger partial charge in [0, 0.05) is 16.5 Å². The summed E-state index contributed by atoms with van der Waals surface area (Å²) >= 11 is 0. The van der Waals surface area contributed by atoms with Crippen molar-refractivity contribution in [2.24, 2.45) is 0 Å². The van der Waals surface area contributed by atoms with Gasteiger partial charge in [0.1, 0.15) is 0 Å². The van der Waals surface area contributed by atoms with Gasteiger partial charge in [-0.2, -0.15) is 0 Å². The summed E-state index contributed by atoms with van der Waals surface area (Å²) in [5.74, 6) is 0. The minimum atomic E-state index is 1.17. The molecular weight excluding hydrogens is 518 g/mol. The van der Waals surface area contributed by atoms with E-state index >= 15 is 0 Å². The van der Waals surface area contributed by atoms with Crippen LogP contribution in [-0.2, 0) is 0 Å². The van der Waals surface area contributed by atoms with Crippen molar-refractivity contribution in [3.8, 4) is 27.9 Å². The van der Waals surface area contributed by atoms with E-state index in [1.165, 1.54) is 82.1 Å². The highest BCUT2D eigenvalue weighted by Gasteiger charge is 2.15. The number of fused-ring (bicyclic) bond motifs is 8. The van der Waals surface area contributed by atoms with Crippen molar-refractivity contribution in [3.63, 3.8) is 0 Å². The highest BCUT2D eigenvalue weighted by Crippen LogP contribution is 2.42. The van der Waals surface area contributed by atoms with E-state index in [2.05, 4.69) is 168 Å². The third-order valence-corrected chi connectivity index (χ3v) is 8.96. The molecule has 0 saturated heterocycles. The van der Waals surface area contributed by atoms with Crippen LogP contribution in [0.3, 0.4) is 0 Å². The van der Waals surface area contributed by atoms with E-state index in [-0.39, 0.29) is 0 Å². The Morgan fingerprint density at radius 1 is 0.326 bits per heavy atom. The molecule has 0 radical (unpaired) electrons. The fraction of sp³-hybridized carbons (Fsp3) is 0. The lowest BCUT2D eigenvalue weighted by Gasteiger charge is -2.16. The molecule has 8 aromatic carbocycles. The fourth-order valence-corrected chi connectivity index (χ4v) is 7.07. The normalized spacial score (nSPS) is 11.7. The highest BCUT2D eigenvalue weighted by molar-refractivity contribution is 6.25. The predicted molar refractivity (Wildman–Crippen MR) is 184 cm³/mol. The molecule has 0 amide bonds. The van der Waals surface area contributed by atoms with Crippen molar-refractivity contribution in [1.82, 2.24) is 4.57 Å². The topological polar surface area (TPSA) is 4.93 Å². The Morgan fingerprint density at radius 2 is 0.744 bits per heavy atom. The first-order valence-electron chi connectivity index (χ1n) is 14.9. The Kier molecular flexibility index (Phi) is 5.27. The summed E-state index contributed by atoms with van der Waals surface area (Å²) in [6, 6.07) is 59.7. The maximum absolute atomic E-state index is 2.39. The molecule has 1 heterocycles. The molecule has 9 rings (SSSR count). The van der Waals surface area contributed by atoms with E-state index in [4.69, 9.17) is 0 Å². The Hall–Kier alpha value is -5.66. The fourth-order valence-electron chi connectivity index (χ4n) is 7.07. The predicted octanol–water partition coefficient (Wildman–Crippen LogP) is 11.6. The van der Waals surface area contributed by atoms with Gasteiger partial charge in [-0.15, -0.1) is 0 Å². The van der Waals surface area contributed by atoms with Gasteiger partial charge in [0.15, 0.2) is 0 Å². The number of aromatic nitrogens is 1. The van der Waals surface area contributed by atoms with Crippen LogP contribution in [0, 0.1) is 0 Å². The van der Waals surface area contributed by atoms with E-state index in [0.717, 1.165) is 0 Å². The number of hydrogen-bond acceptors (Lipinski definition) is 0. The lowest BCUT2D eigenvalue weighted by atomic mass is 9.87. The van der Waals surface area contributed by atoms with Crippen molar-refractivity contribution in [2.45, 2.75) is 0 Å². The van der Waals surface area contributed by atoms with Gasteiger partial charge in [-0.1, -0.05) is 127 Å². The monoisotopic (exact) mass is 545 g/mol. The van der Waals surface area contributed by atoms with Crippen molar-refractivity contribution in [3.05, 3.63) is 164 Å². The zero-order chi connectivity index (χ0) is 28.3. The molecular formula is C42H27N. The van der Waals surface area contributed by atoms with Crippen LogP contribution >= 0.6 is 0 Å². The number of para-hydroxylation sites is 2. The summed E-state index contributed by atoms with van der Waals surface area (Å²) in [5, 5.41) is 10.3. The zero-order valence-electron chi connectivity index (χ0n) is 23.5. The van der Waals surface area contributed by atoms with Gasteiger partial charge in [-0.25, -0.2) is 0 Å². The van der Waals surface area contributed by atoms with Gasteiger partial charge in [-0.3, -0.25) is 0 Å². The van der Waals surface area contributed by atoms with Crippen LogP contribution in [0.5, 0.6) is 0 Å². The molecule has 1 aromatic heterocycles. The van der Waals surface area contributed by atoms with E-state index in [1.807, 2.05) is 0 Å². The quantitative estimate of drug-likeness (QED) is 0.195. The standard InChI is InChI=1S/C42H27N/c1-2-12-28(13-3-1)38-26-30-27-39(33-15-5-7-19-37(33)42(30)36-18-6-4-14-32(36)38)29-22-24-31(25-23-29)43-40-20-10-8-16-34(40)35-17-9-11-21-41(35)43/h1-27H. The molecule has 1 nitrogen and oxygen atoms in total. The smallest absolute Gasteiger partial charge is 0.0541 e. The summed E-state index contributed by atoms with van der Waals surface area (Å²) < 4.78 is 2.38. The third-order valence-electron chi connectivity index (χ3n) is 8.96. The van der Waals surface area contributed by atoms with Crippen LogP contribution in [0.1, 0.15) is 0 Å². The Morgan fingerprint density at radius 3 is 1.28 bits per heavy atom. The summed E-state index contributed by atoms with van der Waals surface area (Å²) in [6.45, 7) is 0. The average Bonchev–Trinajstić information content (AvgIpc) is 3.42. The first-order chi connectivity index (χ1) is 21.3. The minimum Gasteiger partial charge on any atom is -0.309 e. The molecule has 0 aliphatic carbocycles. The first kappa shape index (κ1) is 24.0. The first-order valence-corrected chi connectivity index (χ1v) is 14.9. The van der Waals surface area contributed by atoms with Crippen LogP contribution in [0.2, 0.25) is 0 Å². The number of benzene rings is 8. The van der Waals surface area contributed by atoms with E-state index in [9.17, 15) is 0 Å². The number of hydrogen-bond donors (Lipinski definition) is 0. The summed E-state index contributed by atoms with van der Waals surface area (Å²) in [5.41, 5.74) is 8.62. The SMILES string of the molecule is c1ccc(-c2cc3cc(-c4ccc(-n5c6ccccc6c6ccccc65)cc4)c4ccccc4c3c3ccccc23)cc1. The number of nitrogens with zero attached hydrogens (tertiary/aromatic N) is 1. The van der Waals surface area contributed by atoms with Crippen molar-refractivity contribution in [1.29, 1.82) is 0 Å². The van der Waals surface area contributed by atoms with Crippen LogP contribution in [-0.4, -0.2) is 4.57 Å². The molecule has 0 bridgehead atoms. The van der Waals surface area contributed by atoms with E-state index in [0.29, 0.717) is 0 Å². The van der Waals surface area contributed by atoms with Gasteiger partial charge in [0.25, 0.3) is 0 Å². The molecule has 9 aromatic rings. The molecule has 0 unspecified atom stereocenters. The van der Waals surface area contributed by atoms with Crippen LogP contribution in [0.25, 0.3) is 82.1 Å². The molecule has 0 N–H and O–H groups in total. The second-order valence-electron chi connectivity index (χ2n) is 11.3. The van der Waals surface area contributed by atoms with Gasteiger partial charge in [0.05, 0.1) is 11.0 Å². The Bertz CT molecular complexity index is 2430. The van der Waals surface area contributed by atoms with Gasteiger partial charge >= 0.3 is 0 Å². The molecule has 43 heavy (non-hydrogen) atoms. The van der Waals surface area contributed by atoms with Crippen LogP contribution in [0.15, 0.2) is 164 Å². The minimum absolute atomic E-state index is 1.17. The van der Waals surface area contributed by atoms with Gasteiger partial charge in [0.2, 0.25) is 0 Å². The summed E-state index contributed by atoms with van der Waals surface area (Å²) in [7, 11) is 0. The van der Waals surface area contributed by atoms with Crippen LogP contribution in [0.4, 0.5) is 0 Å². The van der Waals surface area contributed by atoms with Crippen molar-refractivity contribution >= 4 is 54.1 Å². The molecule has 200 valence electrons. The van der Waals surface area contributed by atoms with E-state index < -0.39 is 0 Å². The molecule has 0 fully saturated rings. The Labute approximate surface area is 249 Å². The highest BCUT2D eigenvalue weighted by atomic mass is 15.0. The maximum Gasteiger partial charge on any atom is 0.0541 e. The summed E-state index contributed by atoms with van der Waals surface area (Å²) in [6.07, 6.45) is 0. The second kappa shape index (κ2) is 9.44. The van der Waals surface area contributed by atoms with Gasteiger partial charge < -0.3 is 4.57 Å². The molecule has 0 saturated carbocycles. The molecule has 0 aliphatic heterocycles. The zero-order valence-corrected chi connectivity index (χ0v) is 23.5. The van der Waals surface area contributed by atoms with Gasteiger partial charge in [-0.05, 0) is 91.0 Å². The molecule has 0 atom stereocenters. The largest absolute Gasteiger partial charge is 0.309 e. The lowest BCUT2D eigenvalue weighted by Crippen LogP contribution is -1.94. The van der Waals surface area contributed by atoms with E-state index in [1.54, 1.807) is 0 Å². The maximum atomic E-state index is 2.39. The molecule has 0 spiro atoms. The summed E-state index contributed by atoms with van der Waals surface area (Å²) in [4.78, 5) is 0. The second-order valence-corrected chi connectivity index (χ2v) is 11.3. The Balaban J connectivity index is 1.28. The lowest BCUT2D eigenvalue weighted by molar-refractivity contribution is 1.18. The molecule has 0 aliphatic rings. The number of rotatable bonds is 3. The third kappa shape index (κ3) is 3.65. The van der Waals surface area contributed by atoms with Crippen LogP contribution < -0.4 is 0 Å². The van der Waals surface area contributed by atoms with Crippen molar-refractivity contribution < 1.29 is 0 Å².